The van der Waals surface area contributed by atoms with Crippen molar-refractivity contribution in [3.8, 4) is 11.4 Å². The minimum absolute atomic E-state index is 0. The third-order valence-electron chi connectivity index (χ3n) is 7.64. The van der Waals surface area contributed by atoms with E-state index in [2.05, 4.69) is 30.2 Å². The van der Waals surface area contributed by atoms with Crippen molar-refractivity contribution in [1.29, 1.82) is 0 Å². The van der Waals surface area contributed by atoms with Gasteiger partial charge >= 0.3 is 0 Å². The van der Waals surface area contributed by atoms with Crippen LogP contribution >= 0.6 is 0 Å². The number of carbonyl (C=O) groups is 2. The van der Waals surface area contributed by atoms with E-state index < -0.39 is 12.1 Å². The van der Waals surface area contributed by atoms with Crippen LogP contribution < -0.4 is 33.3 Å². The van der Waals surface area contributed by atoms with Crippen molar-refractivity contribution in [2.75, 3.05) is 94.7 Å². The number of rotatable bonds is 7. The van der Waals surface area contributed by atoms with E-state index in [0.717, 1.165) is 25.9 Å². The van der Waals surface area contributed by atoms with Crippen molar-refractivity contribution >= 4 is 29.7 Å². The molecule has 0 saturated carbocycles. The van der Waals surface area contributed by atoms with E-state index in [-0.39, 0.29) is 54.0 Å². The molecule has 3 fully saturated rings. The molecule has 3 aliphatic rings. The molecule has 2 aromatic heterocycles. The summed E-state index contributed by atoms with van der Waals surface area (Å²) in [5.74, 6) is 0.279. The number of nitrogens with two attached hydrogens (primary N) is 2. The van der Waals surface area contributed by atoms with Gasteiger partial charge in [-0.25, -0.2) is 18.7 Å². The van der Waals surface area contributed by atoms with Gasteiger partial charge in [0.25, 0.3) is 6.43 Å². The lowest BCUT2D eigenvalue weighted by molar-refractivity contribution is -0.664. The number of carbonyl (C=O) groups excluding carboxylic acids is 2. The molecular weight excluding hydrogens is 576 g/mol. The molecule has 0 spiro atoms. The number of piperazine rings is 1. The summed E-state index contributed by atoms with van der Waals surface area (Å²) in [5, 5.41) is 2.20. The van der Waals surface area contributed by atoms with E-state index in [9.17, 15) is 18.4 Å². The highest BCUT2D eigenvalue weighted by molar-refractivity contribution is 5.86. The number of anilines is 3. The predicted molar refractivity (Wildman–Crippen MR) is 144 cm³/mol. The number of aromatic nitrogens is 5. The summed E-state index contributed by atoms with van der Waals surface area (Å²) in [6, 6.07) is 0. The highest BCUT2D eigenvalue weighted by Gasteiger charge is 2.30. The molecule has 42 heavy (non-hydrogen) atoms. The number of piperidine rings is 1. The summed E-state index contributed by atoms with van der Waals surface area (Å²) in [7, 11) is 1.68. The number of hydrogen-bond acceptors (Lipinski definition) is 11. The molecule has 5 rings (SSSR count). The molecule has 14 nitrogen and oxygen atoms in total. The molecule has 0 aromatic carbocycles. The summed E-state index contributed by atoms with van der Waals surface area (Å²) < 4.78 is 33.1. The van der Waals surface area contributed by atoms with E-state index in [0.29, 0.717) is 64.4 Å². The van der Waals surface area contributed by atoms with Crippen molar-refractivity contribution in [3.63, 3.8) is 0 Å². The Bertz CT molecular complexity index is 1240. The fraction of sp³-hybridized carbons (Fsp3) is 0.640. The van der Waals surface area contributed by atoms with Gasteiger partial charge in [-0.3, -0.25) is 9.59 Å². The smallest absolute Gasteiger partial charge is 0.281 e. The van der Waals surface area contributed by atoms with Gasteiger partial charge in [0.15, 0.2) is 5.82 Å². The van der Waals surface area contributed by atoms with Gasteiger partial charge in [-0.1, -0.05) is 0 Å². The number of quaternary nitrogens is 1. The third-order valence-corrected chi connectivity index (χ3v) is 7.64. The van der Waals surface area contributed by atoms with Crippen LogP contribution in [0.4, 0.5) is 26.6 Å². The number of amides is 2. The number of ether oxygens (including phenoxy) is 1. The van der Waals surface area contributed by atoms with Gasteiger partial charge in [0.05, 0.1) is 38.4 Å². The summed E-state index contributed by atoms with van der Waals surface area (Å²) in [6.07, 6.45) is -0.0418. The zero-order valence-corrected chi connectivity index (χ0v) is 24.2. The Morgan fingerprint density at radius 3 is 2.26 bits per heavy atom. The van der Waals surface area contributed by atoms with Gasteiger partial charge in [-0.15, -0.1) is 0 Å². The van der Waals surface area contributed by atoms with Crippen LogP contribution in [0.2, 0.25) is 0 Å². The second-order valence-electron chi connectivity index (χ2n) is 10.4. The van der Waals surface area contributed by atoms with Gasteiger partial charge < -0.3 is 47.8 Å². The lowest BCUT2D eigenvalue weighted by atomic mass is 9.97. The quantitative estimate of drug-likeness (QED) is 0.312. The first-order valence-corrected chi connectivity index (χ1v) is 13.9. The van der Waals surface area contributed by atoms with Gasteiger partial charge in [-0.05, 0) is 0 Å². The average molecular weight is 612 g/mol. The Labute approximate surface area is 248 Å². The molecule has 0 atom stereocenters. The fourth-order valence-corrected chi connectivity index (χ4v) is 5.29. The molecule has 3 saturated heterocycles. The molecule has 0 bridgehead atoms. The molecule has 4 N–H and O–H groups in total. The Morgan fingerprint density at radius 2 is 1.64 bits per heavy atom. The van der Waals surface area contributed by atoms with Gasteiger partial charge in [0, 0.05) is 71.3 Å². The Kier molecular flexibility index (Phi) is 10.6. The van der Waals surface area contributed by atoms with Crippen LogP contribution in [0.15, 0.2) is 6.20 Å². The average Bonchev–Trinajstić information content (AvgIpc) is 3.01. The Balaban J connectivity index is 0.00000405. The zero-order chi connectivity index (χ0) is 28.9. The number of morpholine rings is 1. The standard InChI is InChI=1S/C25H35F2N11O3.ClH/c1-35(22(40)16-2-4-29-5-3-16)15-18(39)36-6-8-37(9-7-36)24-32-21(17-14-30-23(28)31-19(17)20(26)27)33-25(34-24)38-10-12-41-13-11-38;/h14,16,20,29H,2-13,15H2,1H3,(H2,28,30,31);1H. The van der Waals surface area contributed by atoms with Gasteiger partial charge in [0.2, 0.25) is 29.7 Å². The Hall–Kier alpha value is -3.50. The summed E-state index contributed by atoms with van der Waals surface area (Å²) in [5.41, 5.74) is 4.99. The number of halogens is 3. The highest BCUT2D eigenvalue weighted by Crippen LogP contribution is 2.30. The molecule has 2 aromatic rings. The molecule has 2 amide bonds. The van der Waals surface area contributed by atoms with E-state index in [4.69, 9.17) is 10.5 Å². The third kappa shape index (κ3) is 7.28. The molecule has 5 heterocycles. The topological polar surface area (TPSA) is 163 Å². The molecule has 0 unspecified atom stereocenters. The molecule has 3 aliphatic heterocycles. The maximum atomic E-state index is 13.9. The monoisotopic (exact) mass is 611 g/mol. The van der Waals surface area contributed by atoms with Crippen LogP contribution in [0.25, 0.3) is 11.4 Å². The maximum Gasteiger partial charge on any atom is 0.281 e. The van der Waals surface area contributed by atoms with Crippen molar-refractivity contribution < 1.29 is 40.8 Å². The molecule has 0 radical (unpaired) electrons. The molecular formula is C25H36ClF2N11O3. The summed E-state index contributed by atoms with van der Waals surface area (Å²) in [4.78, 5) is 54.1. The lowest BCUT2D eigenvalue weighted by Crippen LogP contribution is -3.00. The predicted octanol–water partition coefficient (Wildman–Crippen LogP) is -4.23. The van der Waals surface area contributed by atoms with Crippen LogP contribution in [0.3, 0.4) is 0 Å². The van der Waals surface area contributed by atoms with Gasteiger partial charge in [-0.2, -0.15) is 15.0 Å². The van der Waals surface area contributed by atoms with Gasteiger partial charge in [0.1, 0.15) is 5.69 Å². The van der Waals surface area contributed by atoms with Crippen molar-refractivity contribution in [2.45, 2.75) is 19.3 Å². The van der Waals surface area contributed by atoms with Crippen LogP contribution in [-0.2, 0) is 14.3 Å². The van der Waals surface area contributed by atoms with Crippen molar-refractivity contribution in [2.24, 2.45) is 5.92 Å². The van der Waals surface area contributed by atoms with Crippen LogP contribution in [0.5, 0.6) is 0 Å². The second-order valence-corrected chi connectivity index (χ2v) is 10.4. The fourth-order valence-electron chi connectivity index (χ4n) is 5.29. The minimum atomic E-state index is -2.90. The van der Waals surface area contributed by atoms with E-state index in [1.54, 1.807) is 11.9 Å². The minimum Gasteiger partial charge on any atom is -1.00 e. The largest absolute Gasteiger partial charge is 1.00 e. The first-order valence-electron chi connectivity index (χ1n) is 13.9. The van der Waals surface area contributed by atoms with E-state index in [1.807, 2.05) is 9.80 Å². The first-order chi connectivity index (χ1) is 19.8. The SMILES string of the molecule is CN(CC(=O)N1CCN(c2nc(-c3cnc(N)nc3C(F)F)nc(N3CCOCC3)n2)CC1)C(=O)C1CC[NH2+]CC1.[Cl-]. The number of alkyl halides is 2. The van der Waals surface area contributed by atoms with Crippen LogP contribution in [-0.4, -0.2) is 126 Å². The van der Waals surface area contributed by atoms with Crippen molar-refractivity contribution in [1.82, 2.24) is 34.7 Å². The normalized spacial score (nSPS) is 18.1. The van der Waals surface area contributed by atoms with E-state index >= 15 is 0 Å². The maximum absolute atomic E-state index is 13.9. The van der Waals surface area contributed by atoms with Crippen LogP contribution in [0, 0.1) is 5.92 Å². The zero-order valence-electron chi connectivity index (χ0n) is 23.5. The Morgan fingerprint density at radius 1 is 1.02 bits per heavy atom. The first kappa shape index (κ1) is 31.4. The number of nitrogen functional groups attached to an aromatic ring is 1. The molecule has 230 valence electrons. The molecule has 17 heteroatoms. The summed E-state index contributed by atoms with van der Waals surface area (Å²) in [6.45, 7) is 5.60. The van der Waals surface area contributed by atoms with Crippen molar-refractivity contribution in [3.05, 3.63) is 11.9 Å². The number of nitrogens with zero attached hydrogens (tertiary/aromatic N) is 9. The highest BCUT2D eigenvalue weighted by atomic mass is 35.5. The number of hydrogen-bond donors (Lipinski definition) is 2. The summed E-state index contributed by atoms with van der Waals surface area (Å²) >= 11 is 0. The number of likely N-dealkylation sites (N-methyl/N-ethyl adjacent to an activating group) is 1. The molecule has 0 aliphatic carbocycles. The van der Waals surface area contributed by atoms with E-state index in [1.165, 1.54) is 11.1 Å². The second kappa shape index (κ2) is 14.1. The lowest BCUT2D eigenvalue weighted by Gasteiger charge is -2.36. The van der Waals surface area contributed by atoms with Crippen LogP contribution in [0.1, 0.15) is 25.0 Å².